The molecule has 0 unspecified atom stereocenters. The van der Waals surface area contributed by atoms with Crippen molar-refractivity contribution < 1.29 is 9.53 Å². The average molecular weight is 590 g/mol. The number of likely N-dealkylation sites (tertiary alicyclic amines) is 1. The van der Waals surface area contributed by atoms with Crippen LogP contribution in [0.5, 0.6) is 0 Å². The fourth-order valence-electron chi connectivity index (χ4n) is 4.70. The summed E-state index contributed by atoms with van der Waals surface area (Å²) in [5, 5.41) is 5.96. The predicted molar refractivity (Wildman–Crippen MR) is 143 cm³/mol. The van der Waals surface area contributed by atoms with E-state index in [1.54, 1.807) is 5.38 Å². The van der Waals surface area contributed by atoms with Gasteiger partial charge < -0.3 is 9.64 Å². The standard InChI is InChI=1S/C24H32ClN3O2S.HI/c25-22-17-31-23(27-22)20-5-4-6-21(15-20)26-24(29)30-16-19-9-7-18(8-10-19)11-14-28-12-2-1-3-13-28;/h4-6,15,17-19H,1-3,7-14,16H2,(H,26,29);1H. The van der Waals surface area contributed by atoms with Crippen molar-refractivity contribution in [3.63, 3.8) is 0 Å². The Labute approximate surface area is 217 Å². The summed E-state index contributed by atoms with van der Waals surface area (Å²) in [6.07, 6.45) is 9.95. The van der Waals surface area contributed by atoms with Crippen LogP contribution in [0.25, 0.3) is 10.6 Å². The molecular weight excluding hydrogens is 557 g/mol. The van der Waals surface area contributed by atoms with Crippen molar-refractivity contribution >= 4 is 58.7 Å². The van der Waals surface area contributed by atoms with Gasteiger partial charge in [-0.2, -0.15) is 0 Å². The minimum Gasteiger partial charge on any atom is -0.449 e. The summed E-state index contributed by atoms with van der Waals surface area (Å²) < 4.78 is 5.53. The second kappa shape index (κ2) is 13.1. The van der Waals surface area contributed by atoms with Crippen LogP contribution in [0.1, 0.15) is 51.4 Å². The van der Waals surface area contributed by atoms with Gasteiger partial charge in [0.15, 0.2) is 0 Å². The van der Waals surface area contributed by atoms with E-state index >= 15 is 0 Å². The number of amides is 1. The molecule has 2 heterocycles. The van der Waals surface area contributed by atoms with E-state index in [-0.39, 0.29) is 30.1 Å². The summed E-state index contributed by atoms with van der Waals surface area (Å²) in [4.78, 5) is 19.2. The minimum atomic E-state index is -0.387. The first kappa shape index (κ1) is 25.7. The van der Waals surface area contributed by atoms with E-state index in [1.807, 2.05) is 24.3 Å². The highest BCUT2D eigenvalue weighted by Crippen LogP contribution is 2.32. The number of halogens is 2. The van der Waals surface area contributed by atoms with Crippen LogP contribution >= 0.6 is 46.9 Å². The van der Waals surface area contributed by atoms with Gasteiger partial charge >= 0.3 is 6.09 Å². The average Bonchev–Trinajstić information content (AvgIpc) is 3.24. The molecule has 0 atom stereocenters. The number of hydrogen-bond acceptors (Lipinski definition) is 5. The Morgan fingerprint density at radius 2 is 1.91 bits per heavy atom. The second-order valence-electron chi connectivity index (χ2n) is 8.86. The van der Waals surface area contributed by atoms with E-state index in [0.717, 1.165) is 29.3 Å². The normalized spacial score (nSPS) is 21.5. The van der Waals surface area contributed by atoms with Crippen molar-refractivity contribution in [2.45, 2.75) is 51.4 Å². The van der Waals surface area contributed by atoms with Crippen molar-refractivity contribution in [1.29, 1.82) is 0 Å². The Kier molecular flexibility index (Phi) is 10.5. The highest BCUT2D eigenvalue weighted by atomic mass is 127. The van der Waals surface area contributed by atoms with Gasteiger partial charge in [0.1, 0.15) is 10.2 Å². The van der Waals surface area contributed by atoms with Crippen molar-refractivity contribution in [1.82, 2.24) is 9.88 Å². The number of aromatic nitrogens is 1. The molecule has 5 nitrogen and oxygen atoms in total. The summed E-state index contributed by atoms with van der Waals surface area (Å²) in [7, 11) is 0. The highest BCUT2D eigenvalue weighted by Gasteiger charge is 2.23. The number of rotatable bonds is 7. The molecule has 1 N–H and O–H groups in total. The topological polar surface area (TPSA) is 54.5 Å². The minimum absolute atomic E-state index is 0. The summed E-state index contributed by atoms with van der Waals surface area (Å²) >= 11 is 7.40. The lowest BCUT2D eigenvalue weighted by atomic mass is 9.81. The summed E-state index contributed by atoms with van der Waals surface area (Å²) in [6.45, 7) is 4.35. The molecule has 2 aromatic rings. The van der Waals surface area contributed by atoms with E-state index < -0.39 is 0 Å². The van der Waals surface area contributed by atoms with Crippen LogP contribution in [0.4, 0.5) is 10.5 Å². The molecule has 0 radical (unpaired) electrons. The van der Waals surface area contributed by atoms with E-state index in [4.69, 9.17) is 16.3 Å². The van der Waals surface area contributed by atoms with Crippen LogP contribution in [0.2, 0.25) is 5.15 Å². The molecule has 1 saturated heterocycles. The quantitative estimate of drug-likeness (QED) is 0.344. The van der Waals surface area contributed by atoms with Crippen molar-refractivity contribution in [2.24, 2.45) is 11.8 Å². The number of nitrogens with one attached hydrogen (secondary N) is 1. The monoisotopic (exact) mass is 589 g/mol. The number of nitrogens with zero attached hydrogens (tertiary/aromatic N) is 2. The third-order valence-corrected chi connectivity index (χ3v) is 7.77. The predicted octanol–water partition coefficient (Wildman–Crippen LogP) is 7.31. The van der Waals surface area contributed by atoms with Gasteiger partial charge in [-0.05, 0) is 75.7 Å². The first-order chi connectivity index (χ1) is 15.2. The highest BCUT2D eigenvalue weighted by molar-refractivity contribution is 14.0. The summed E-state index contributed by atoms with van der Waals surface area (Å²) in [6, 6.07) is 7.60. The number of carbonyl (C=O) groups excluding carboxylic acids is 1. The third-order valence-electron chi connectivity index (χ3n) is 6.55. The van der Waals surface area contributed by atoms with Gasteiger partial charge in [-0.15, -0.1) is 35.3 Å². The SMILES string of the molecule is I.O=C(Nc1cccc(-c2nc(Cl)cs2)c1)OCC1CCC(CCN2CCCCC2)CC1. The van der Waals surface area contributed by atoms with Gasteiger partial charge in [0.25, 0.3) is 0 Å². The van der Waals surface area contributed by atoms with E-state index in [0.29, 0.717) is 23.4 Å². The number of piperidine rings is 1. The van der Waals surface area contributed by atoms with Crippen molar-refractivity contribution in [2.75, 3.05) is 31.6 Å². The Morgan fingerprint density at radius 1 is 1.16 bits per heavy atom. The Balaban J connectivity index is 0.00000289. The Hall–Kier alpha value is -0.900. The maximum absolute atomic E-state index is 12.3. The zero-order valence-electron chi connectivity index (χ0n) is 18.4. The maximum atomic E-state index is 12.3. The number of benzene rings is 1. The molecule has 0 spiro atoms. The van der Waals surface area contributed by atoms with Crippen LogP contribution in [-0.4, -0.2) is 42.2 Å². The Bertz CT molecular complexity index is 851. The van der Waals surface area contributed by atoms with Crippen LogP contribution in [-0.2, 0) is 4.74 Å². The molecule has 1 aliphatic carbocycles. The molecule has 176 valence electrons. The first-order valence-corrected chi connectivity index (χ1v) is 12.8. The zero-order chi connectivity index (χ0) is 21.5. The molecule has 32 heavy (non-hydrogen) atoms. The van der Waals surface area contributed by atoms with Gasteiger partial charge in [-0.3, -0.25) is 5.32 Å². The summed E-state index contributed by atoms with van der Waals surface area (Å²) in [5.74, 6) is 1.33. The van der Waals surface area contributed by atoms with Crippen molar-refractivity contribution in [3.05, 3.63) is 34.8 Å². The molecule has 0 bridgehead atoms. The van der Waals surface area contributed by atoms with E-state index in [1.165, 1.54) is 69.5 Å². The lowest BCUT2D eigenvalue weighted by Crippen LogP contribution is -2.32. The molecular formula is C24H33ClIN3O2S. The van der Waals surface area contributed by atoms with Crippen LogP contribution in [0.15, 0.2) is 29.6 Å². The number of thiazole rings is 1. The van der Waals surface area contributed by atoms with Gasteiger partial charge in [-0.1, -0.05) is 43.0 Å². The van der Waals surface area contributed by atoms with Crippen LogP contribution in [0, 0.1) is 11.8 Å². The number of anilines is 1. The fraction of sp³-hybridized carbons (Fsp3) is 0.583. The first-order valence-electron chi connectivity index (χ1n) is 11.5. The van der Waals surface area contributed by atoms with Crippen molar-refractivity contribution in [3.8, 4) is 10.6 Å². The molecule has 1 aliphatic heterocycles. The van der Waals surface area contributed by atoms with Gasteiger partial charge in [-0.25, -0.2) is 9.78 Å². The van der Waals surface area contributed by atoms with Crippen LogP contribution in [0.3, 0.4) is 0 Å². The second-order valence-corrected chi connectivity index (χ2v) is 10.1. The fourth-order valence-corrected chi connectivity index (χ4v) is 5.64. The Morgan fingerprint density at radius 3 is 2.62 bits per heavy atom. The number of carbonyl (C=O) groups is 1. The van der Waals surface area contributed by atoms with Crippen LogP contribution < -0.4 is 5.32 Å². The molecule has 1 amide bonds. The lowest BCUT2D eigenvalue weighted by molar-refractivity contribution is 0.116. The molecule has 4 rings (SSSR count). The smallest absolute Gasteiger partial charge is 0.411 e. The number of ether oxygens (including phenoxy) is 1. The molecule has 2 fully saturated rings. The molecule has 1 aromatic heterocycles. The lowest BCUT2D eigenvalue weighted by Gasteiger charge is -2.31. The van der Waals surface area contributed by atoms with Gasteiger partial charge in [0.05, 0.1) is 6.61 Å². The van der Waals surface area contributed by atoms with Gasteiger partial charge in [0, 0.05) is 16.6 Å². The van der Waals surface area contributed by atoms with E-state index in [2.05, 4.69) is 15.2 Å². The largest absolute Gasteiger partial charge is 0.449 e. The molecule has 1 saturated carbocycles. The molecule has 8 heteroatoms. The summed E-state index contributed by atoms with van der Waals surface area (Å²) in [5.41, 5.74) is 1.63. The third kappa shape index (κ3) is 7.85. The molecule has 2 aliphatic rings. The maximum Gasteiger partial charge on any atom is 0.411 e. The molecule has 1 aromatic carbocycles. The number of hydrogen-bond donors (Lipinski definition) is 1. The van der Waals surface area contributed by atoms with E-state index in [9.17, 15) is 4.79 Å². The zero-order valence-corrected chi connectivity index (χ0v) is 22.3. The van der Waals surface area contributed by atoms with Gasteiger partial charge in [0.2, 0.25) is 0 Å².